The molecule has 0 aliphatic rings. The second-order valence-corrected chi connectivity index (χ2v) is 12.0. The van der Waals surface area contributed by atoms with E-state index in [2.05, 4.69) is 67.2 Å². The molecule has 0 radical (unpaired) electrons. The third-order valence-corrected chi connectivity index (χ3v) is 8.02. The number of H-pyrrole nitrogens is 1. The Balaban J connectivity index is 1.53. The zero-order valence-corrected chi connectivity index (χ0v) is 26.9. The van der Waals surface area contributed by atoms with Crippen LogP contribution in [0.2, 0.25) is 0 Å². The molecule has 3 aromatic carbocycles. The number of carbonyl (C=O) groups is 1. The SMILES string of the molecule is CC(C)c1cc(-c2cccc(OCCO)c2)cc(C(C)C)c1NC(=O)N(CCCc1ccccc1)c1cc2cccnc2[nH]c1=O. The number of aliphatic hydroxyl groups excluding tert-OH is 1. The number of hydrogen-bond donors (Lipinski definition) is 3. The molecule has 0 bridgehead atoms. The van der Waals surface area contributed by atoms with Gasteiger partial charge in [0.1, 0.15) is 23.7 Å². The molecule has 0 fully saturated rings. The van der Waals surface area contributed by atoms with Gasteiger partial charge in [-0.1, -0.05) is 70.2 Å². The second kappa shape index (κ2) is 14.9. The van der Waals surface area contributed by atoms with Gasteiger partial charge in [0, 0.05) is 23.8 Å². The summed E-state index contributed by atoms with van der Waals surface area (Å²) in [5, 5.41) is 13.2. The second-order valence-electron chi connectivity index (χ2n) is 12.0. The number of nitrogens with one attached hydrogen (secondary N) is 2. The van der Waals surface area contributed by atoms with Crippen LogP contribution in [0.25, 0.3) is 22.2 Å². The molecule has 0 saturated carbocycles. The Morgan fingerprint density at radius 2 is 1.65 bits per heavy atom. The van der Waals surface area contributed by atoms with Crippen LogP contribution in [0.1, 0.15) is 62.6 Å². The Labute approximate surface area is 270 Å². The number of carbonyl (C=O) groups excluding carboxylic acids is 1. The van der Waals surface area contributed by atoms with Gasteiger partial charge in [-0.3, -0.25) is 9.69 Å². The minimum absolute atomic E-state index is 0.0567. The maximum absolute atomic E-state index is 14.3. The van der Waals surface area contributed by atoms with Crippen LogP contribution in [-0.4, -0.2) is 40.9 Å². The smallest absolute Gasteiger partial charge is 0.326 e. The predicted octanol–water partition coefficient (Wildman–Crippen LogP) is 7.88. The van der Waals surface area contributed by atoms with Crippen molar-refractivity contribution in [3.05, 3.63) is 118 Å². The number of hydrogen-bond acceptors (Lipinski definition) is 5. The van der Waals surface area contributed by atoms with Gasteiger partial charge in [0.2, 0.25) is 0 Å². The minimum Gasteiger partial charge on any atom is -0.491 e. The highest BCUT2D eigenvalue weighted by Gasteiger charge is 2.24. The van der Waals surface area contributed by atoms with Crippen molar-refractivity contribution in [3.8, 4) is 16.9 Å². The predicted molar refractivity (Wildman–Crippen MR) is 186 cm³/mol. The number of aromatic nitrogens is 2. The van der Waals surface area contributed by atoms with Gasteiger partial charge in [0.25, 0.3) is 5.56 Å². The summed E-state index contributed by atoms with van der Waals surface area (Å²) in [6.45, 7) is 8.95. The molecule has 2 heterocycles. The summed E-state index contributed by atoms with van der Waals surface area (Å²) in [5.74, 6) is 0.884. The summed E-state index contributed by atoms with van der Waals surface area (Å²) < 4.78 is 5.67. The quantitative estimate of drug-likeness (QED) is 0.132. The maximum atomic E-state index is 14.3. The summed E-state index contributed by atoms with van der Waals surface area (Å²) in [5.41, 5.74) is 6.31. The first-order valence-electron chi connectivity index (χ1n) is 15.9. The molecular formula is C38H42N4O4. The van der Waals surface area contributed by atoms with Crippen LogP contribution in [-0.2, 0) is 6.42 Å². The standard InChI is InChI=1S/C38H42N4O4/c1-25(2)32-22-30(28-14-8-16-31(21-28)46-20-19-43)23-33(26(3)4)35(32)40-38(45)42(18-10-13-27-11-6-5-7-12-27)34-24-29-15-9-17-39-36(29)41-37(34)44/h5-9,11-12,14-17,21-26,43H,10,13,18-20H2,1-4H3,(H,40,45)(H,39,41,44). The molecule has 0 spiro atoms. The molecule has 3 N–H and O–H groups in total. The Hall–Kier alpha value is -4.95. The summed E-state index contributed by atoms with van der Waals surface area (Å²) in [4.78, 5) is 36.4. The van der Waals surface area contributed by atoms with Crippen LogP contribution < -0.4 is 20.5 Å². The van der Waals surface area contributed by atoms with Gasteiger partial charge in [-0.2, -0.15) is 0 Å². The van der Waals surface area contributed by atoms with E-state index in [1.807, 2.05) is 54.6 Å². The van der Waals surface area contributed by atoms with Crippen molar-refractivity contribution in [2.75, 3.05) is 30.0 Å². The van der Waals surface area contributed by atoms with E-state index in [1.165, 1.54) is 5.56 Å². The number of aryl methyl sites for hydroxylation is 1. The lowest BCUT2D eigenvalue weighted by molar-refractivity contribution is 0.201. The maximum Gasteiger partial charge on any atom is 0.326 e. The summed E-state index contributed by atoms with van der Waals surface area (Å²) in [6, 6.07) is 27.2. The molecule has 2 aromatic heterocycles. The number of aliphatic hydroxyl groups is 1. The lowest BCUT2D eigenvalue weighted by Crippen LogP contribution is -2.39. The van der Waals surface area contributed by atoms with Crippen molar-refractivity contribution < 1.29 is 14.6 Å². The average molecular weight is 619 g/mol. The van der Waals surface area contributed by atoms with E-state index < -0.39 is 0 Å². The fourth-order valence-corrected chi connectivity index (χ4v) is 5.65. The van der Waals surface area contributed by atoms with E-state index in [4.69, 9.17) is 4.74 Å². The molecular weight excluding hydrogens is 576 g/mol. The van der Waals surface area contributed by atoms with Gasteiger partial charge < -0.3 is 20.1 Å². The van der Waals surface area contributed by atoms with Crippen molar-refractivity contribution in [3.63, 3.8) is 0 Å². The van der Waals surface area contributed by atoms with Crippen molar-refractivity contribution in [1.29, 1.82) is 0 Å². The van der Waals surface area contributed by atoms with Gasteiger partial charge in [0.15, 0.2) is 0 Å². The number of urea groups is 1. The zero-order chi connectivity index (χ0) is 32.6. The lowest BCUT2D eigenvalue weighted by Gasteiger charge is -2.27. The van der Waals surface area contributed by atoms with E-state index in [0.717, 1.165) is 39.7 Å². The van der Waals surface area contributed by atoms with Crippen LogP contribution in [0, 0.1) is 0 Å². The topological polar surface area (TPSA) is 108 Å². The molecule has 0 aliphatic heterocycles. The number of ether oxygens (including phenoxy) is 1. The number of fused-ring (bicyclic) bond motifs is 1. The largest absolute Gasteiger partial charge is 0.491 e. The fraction of sp³-hybridized carbons (Fsp3) is 0.289. The van der Waals surface area contributed by atoms with Gasteiger partial charge in [-0.05, 0) is 95.0 Å². The lowest BCUT2D eigenvalue weighted by atomic mass is 9.88. The van der Waals surface area contributed by atoms with Crippen LogP contribution >= 0.6 is 0 Å². The molecule has 8 heteroatoms. The van der Waals surface area contributed by atoms with Crippen LogP contribution in [0.3, 0.4) is 0 Å². The Morgan fingerprint density at radius 1 is 0.913 bits per heavy atom. The number of amides is 2. The van der Waals surface area contributed by atoms with Crippen molar-refractivity contribution >= 4 is 28.4 Å². The number of anilines is 2. The van der Waals surface area contributed by atoms with Crippen molar-refractivity contribution in [1.82, 2.24) is 9.97 Å². The summed E-state index contributed by atoms with van der Waals surface area (Å²) in [7, 11) is 0. The number of nitrogens with zero attached hydrogens (tertiary/aromatic N) is 2. The van der Waals surface area contributed by atoms with E-state index in [0.29, 0.717) is 24.4 Å². The average Bonchev–Trinajstić information content (AvgIpc) is 3.06. The van der Waals surface area contributed by atoms with E-state index in [1.54, 1.807) is 17.2 Å². The number of benzene rings is 3. The molecule has 8 nitrogen and oxygen atoms in total. The highest BCUT2D eigenvalue weighted by Crippen LogP contribution is 2.38. The summed E-state index contributed by atoms with van der Waals surface area (Å²) >= 11 is 0. The summed E-state index contributed by atoms with van der Waals surface area (Å²) in [6.07, 6.45) is 3.07. The zero-order valence-electron chi connectivity index (χ0n) is 26.9. The fourth-order valence-electron chi connectivity index (χ4n) is 5.65. The Kier molecular flexibility index (Phi) is 10.5. The third kappa shape index (κ3) is 7.64. The van der Waals surface area contributed by atoms with Gasteiger partial charge in [-0.15, -0.1) is 0 Å². The molecule has 0 atom stereocenters. The Morgan fingerprint density at radius 3 is 2.35 bits per heavy atom. The minimum atomic E-state index is -0.368. The van der Waals surface area contributed by atoms with Gasteiger partial charge in [0.05, 0.1) is 6.61 Å². The van der Waals surface area contributed by atoms with Crippen LogP contribution in [0.15, 0.2) is 95.9 Å². The van der Waals surface area contributed by atoms with Gasteiger partial charge >= 0.3 is 6.03 Å². The normalized spacial score (nSPS) is 11.3. The molecule has 238 valence electrons. The van der Waals surface area contributed by atoms with E-state index in [-0.39, 0.29) is 42.3 Å². The third-order valence-electron chi connectivity index (χ3n) is 8.02. The van der Waals surface area contributed by atoms with Crippen LogP contribution in [0.5, 0.6) is 5.75 Å². The van der Waals surface area contributed by atoms with Crippen molar-refractivity contribution in [2.45, 2.75) is 52.4 Å². The molecule has 0 aliphatic carbocycles. The molecule has 5 aromatic rings. The van der Waals surface area contributed by atoms with Crippen LogP contribution in [0.4, 0.5) is 16.2 Å². The van der Waals surface area contributed by atoms with Gasteiger partial charge in [-0.25, -0.2) is 9.78 Å². The molecule has 46 heavy (non-hydrogen) atoms. The number of aromatic amines is 1. The highest BCUT2D eigenvalue weighted by molar-refractivity contribution is 6.03. The highest BCUT2D eigenvalue weighted by atomic mass is 16.5. The van der Waals surface area contributed by atoms with E-state index >= 15 is 0 Å². The molecule has 0 unspecified atom stereocenters. The molecule has 2 amide bonds. The number of rotatable bonds is 12. The van der Waals surface area contributed by atoms with E-state index in [9.17, 15) is 14.7 Å². The monoisotopic (exact) mass is 618 g/mol. The Bertz CT molecular complexity index is 1820. The van der Waals surface area contributed by atoms with Crippen molar-refractivity contribution in [2.24, 2.45) is 0 Å². The number of pyridine rings is 2. The first kappa shape index (κ1) is 32.4. The first-order valence-corrected chi connectivity index (χ1v) is 15.9. The first-order chi connectivity index (χ1) is 22.2. The molecule has 5 rings (SSSR count). The molecule has 0 saturated heterocycles.